The second-order valence-corrected chi connectivity index (χ2v) is 9.11. The molecule has 2 heterocycles. The molecule has 0 radical (unpaired) electrons. The number of halogens is 1. The van der Waals surface area contributed by atoms with Crippen molar-refractivity contribution in [1.82, 2.24) is 14.4 Å². The Morgan fingerprint density at radius 3 is 2.42 bits per heavy atom. The zero-order valence-electron chi connectivity index (χ0n) is 14.0. The van der Waals surface area contributed by atoms with Crippen LogP contribution in [0, 0.1) is 0 Å². The van der Waals surface area contributed by atoms with Gasteiger partial charge in [-0.3, -0.25) is 4.90 Å². The third-order valence-corrected chi connectivity index (χ3v) is 7.05. The van der Waals surface area contributed by atoms with Crippen LogP contribution in [0.5, 0.6) is 0 Å². The van der Waals surface area contributed by atoms with Crippen molar-refractivity contribution < 1.29 is 12.9 Å². The zero-order valence-corrected chi connectivity index (χ0v) is 16.4. The van der Waals surface area contributed by atoms with Crippen LogP contribution in [-0.4, -0.2) is 49.0 Å². The Morgan fingerprint density at radius 2 is 1.69 bits per heavy atom. The van der Waals surface area contributed by atoms with Gasteiger partial charge in [-0.1, -0.05) is 33.2 Å². The van der Waals surface area contributed by atoms with Gasteiger partial charge in [0.2, 0.25) is 10.0 Å². The fraction of sp³-hybridized carbons (Fsp3) is 0.278. The lowest BCUT2D eigenvalue weighted by molar-refractivity contribution is 0.178. The molecule has 0 atom stereocenters. The quantitative estimate of drug-likeness (QED) is 0.629. The van der Waals surface area contributed by atoms with Gasteiger partial charge >= 0.3 is 0 Å². The maximum absolute atomic E-state index is 12.8. The van der Waals surface area contributed by atoms with Crippen molar-refractivity contribution in [1.29, 1.82) is 0 Å². The van der Waals surface area contributed by atoms with E-state index in [0.717, 1.165) is 21.1 Å². The maximum atomic E-state index is 12.8. The molecule has 1 aromatic heterocycles. The van der Waals surface area contributed by atoms with Gasteiger partial charge in [-0.05, 0) is 36.4 Å². The molecule has 0 spiro atoms. The van der Waals surface area contributed by atoms with Gasteiger partial charge in [0.25, 0.3) is 0 Å². The van der Waals surface area contributed by atoms with Crippen LogP contribution in [-0.2, 0) is 16.6 Å². The number of hydrogen-bond acceptors (Lipinski definition) is 5. The molecular weight excluding hydrogens is 418 g/mol. The molecule has 0 N–H and O–H groups in total. The number of piperazine rings is 1. The number of sulfonamides is 1. The minimum atomic E-state index is -3.45. The molecule has 6 nitrogen and oxygen atoms in total. The van der Waals surface area contributed by atoms with Crippen molar-refractivity contribution in [2.75, 3.05) is 26.2 Å². The van der Waals surface area contributed by atoms with E-state index >= 15 is 0 Å². The summed E-state index contributed by atoms with van der Waals surface area (Å²) in [6.45, 7) is 2.92. The standard InChI is InChI=1S/C18H18BrN3O3S/c19-14-5-7-15(8-6-14)26(23,24)22-11-9-21(10-12-22)13-17-16-3-1-2-4-18(16)25-20-17/h1-8H,9-13H2. The van der Waals surface area contributed by atoms with Crippen LogP contribution in [0.15, 0.2) is 62.4 Å². The number of fused-ring (bicyclic) bond motifs is 1. The van der Waals surface area contributed by atoms with Crippen molar-refractivity contribution >= 4 is 36.9 Å². The molecule has 0 aliphatic carbocycles. The first-order chi connectivity index (χ1) is 12.5. The van der Waals surface area contributed by atoms with Crippen LogP contribution in [0.3, 0.4) is 0 Å². The van der Waals surface area contributed by atoms with E-state index in [-0.39, 0.29) is 0 Å². The molecule has 0 amide bonds. The van der Waals surface area contributed by atoms with E-state index in [4.69, 9.17) is 4.52 Å². The van der Waals surface area contributed by atoms with E-state index in [1.165, 1.54) is 0 Å². The van der Waals surface area contributed by atoms with E-state index in [9.17, 15) is 8.42 Å². The fourth-order valence-electron chi connectivity index (χ4n) is 3.15. The molecule has 0 saturated carbocycles. The Bertz CT molecular complexity index is 1010. The lowest BCUT2D eigenvalue weighted by Gasteiger charge is -2.33. The third-order valence-electron chi connectivity index (χ3n) is 4.61. The van der Waals surface area contributed by atoms with Gasteiger partial charge in [0, 0.05) is 42.6 Å². The van der Waals surface area contributed by atoms with Crippen molar-refractivity contribution in [3.8, 4) is 0 Å². The van der Waals surface area contributed by atoms with Crippen LogP contribution in [0.1, 0.15) is 5.69 Å². The molecule has 1 fully saturated rings. The summed E-state index contributed by atoms with van der Waals surface area (Å²) in [5, 5.41) is 5.17. The molecule has 1 aliphatic rings. The molecule has 136 valence electrons. The molecule has 0 unspecified atom stereocenters. The zero-order chi connectivity index (χ0) is 18.1. The van der Waals surface area contributed by atoms with Crippen LogP contribution in [0.25, 0.3) is 11.0 Å². The normalized spacial score (nSPS) is 17.0. The lowest BCUT2D eigenvalue weighted by atomic mass is 10.2. The van der Waals surface area contributed by atoms with Gasteiger partial charge in [-0.25, -0.2) is 8.42 Å². The highest BCUT2D eigenvalue weighted by Crippen LogP contribution is 2.22. The minimum Gasteiger partial charge on any atom is -0.356 e. The van der Waals surface area contributed by atoms with Crippen LogP contribution in [0.2, 0.25) is 0 Å². The van der Waals surface area contributed by atoms with E-state index in [0.29, 0.717) is 37.6 Å². The summed E-state index contributed by atoms with van der Waals surface area (Å²) >= 11 is 3.33. The Labute approximate surface area is 160 Å². The molecule has 3 aromatic rings. The number of benzene rings is 2. The maximum Gasteiger partial charge on any atom is 0.243 e. The second kappa shape index (κ2) is 7.11. The Morgan fingerprint density at radius 1 is 1.00 bits per heavy atom. The molecule has 4 rings (SSSR count). The fourth-order valence-corrected chi connectivity index (χ4v) is 4.83. The second-order valence-electron chi connectivity index (χ2n) is 6.26. The smallest absolute Gasteiger partial charge is 0.243 e. The Kier molecular flexibility index (Phi) is 4.83. The van der Waals surface area contributed by atoms with Gasteiger partial charge < -0.3 is 4.52 Å². The lowest BCUT2D eigenvalue weighted by Crippen LogP contribution is -2.48. The minimum absolute atomic E-state index is 0.330. The highest BCUT2D eigenvalue weighted by Gasteiger charge is 2.28. The van der Waals surface area contributed by atoms with Gasteiger partial charge in [0.05, 0.1) is 4.90 Å². The average Bonchev–Trinajstić information content (AvgIpc) is 3.06. The molecule has 1 saturated heterocycles. The number of nitrogens with zero attached hydrogens (tertiary/aromatic N) is 3. The molecular formula is C18H18BrN3O3S. The SMILES string of the molecule is O=S(=O)(c1ccc(Br)cc1)N1CCN(Cc2noc3ccccc23)CC1. The van der Waals surface area contributed by atoms with Crippen molar-refractivity contribution in [2.24, 2.45) is 0 Å². The van der Waals surface area contributed by atoms with E-state index in [1.54, 1.807) is 28.6 Å². The summed E-state index contributed by atoms with van der Waals surface area (Å²) in [5.41, 5.74) is 1.67. The molecule has 2 aromatic carbocycles. The van der Waals surface area contributed by atoms with Crippen LogP contribution < -0.4 is 0 Å². The first-order valence-electron chi connectivity index (χ1n) is 8.35. The number of para-hydroxylation sites is 1. The predicted molar refractivity (Wildman–Crippen MR) is 102 cm³/mol. The van der Waals surface area contributed by atoms with Gasteiger partial charge in [0.15, 0.2) is 5.58 Å². The average molecular weight is 436 g/mol. The number of rotatable bonds is 4. The highest BCUT2D eigenvalue weighted by molar-refractivity contribution is 9.10. The summed E-state index contributed by atoms with van der Waals surface area (Å²) in [4.78, 5) is 2.54. The van der Waals surface area contributed by atoms with Gasteiger partial charge in [-0.2, -0.15) is 4.31 Å². The molecule has 8 heteroatoms. The van der Waals surface area contributed by atoms with Gasteiger partial charge in [0.1, 0.15) is 5.69 Å². The van der Waals surface area contributed by atoms with Gasteiger partial charge in [-0.15, -0.1) is 0 Å². The molecule has 1 aliphatic heterocycles. The number of aromatic nitrogens is 1. The third kappa shape index (κ3) is 3.42. The van der Waals surface area contributed by atoms with E-state index in [1.807, 2.05) is 24.3 Å². The Balaban J connectivity index is 1.43. The number of hydrogen-bond donors (Lipinski definition) is 0. The first-order valence-corrected chi connectivity index (χ1v) is 10.6. The largest absolute Gasteiger partial charge is 0.356 e. The van der Waals surface area contributed by atoms with E-state index in [2.05, 4.69) is 26.0 Å². The van der Waals surface area contributed by atoms with Crippen molar-refractivity contribution in [3.05, 3.63) is 58.7 Å². The van der Waals surface area contributed by atoms with Crippen LogP contribution in [0.4, 0.5) is 0 Å². The predicted octanol–water partition coefficient (Wildman–Crippen LogP) is 3.10. The molecule has 0 bridgehead atoms. The topological polar surface area (TPSA) is 66.7 Å². The highest BCUT2D eigenvalue weighted by atomic mass is 79.9. The van der Waals surface area contributed by atoms with E-state index < -0.39 is 10.0 Å². The Hall–Kier alpha value is -1.74. The summed E-state index contributed by atoms with van der Waals surface area (Å²) in [6, 6.07) is 14.5. The summed E-state index contributed by atoms with van der Waals surface area (Å²) in [7, 11) is -3.45. The summed E-state index contributed by atoms with van der Waals surface area (Å²) in [6.07, 6.45) is 0. The van der Waals surface area contributed by atoms with Crippen molar-refractivity contribution in [3.63, 3.8) is 0 Å². The summed E-state index contributed by atoms with van der Waals surface area (Å²) < 4.78 is 33.3. The first kappa shape index (κ1) is 17.7. The monoisotopic (exact) mass is 435 g/mol. The van der Waals surface area contributed by atoms with Crippen LogP contribution >= 0.6 is 15.9 Å². The summed E-state index contributed by atoms with van der Waals surface area (Å²) in [5.74, 6) is 0. The molecule has 26 heavy (non-hydrogen) atoms. The van der Waals surface area contributed by atoms with Crippen molar-refractivity contribution in [2.45, 2.75) is 11.4 Å².